The summed E-state index contributed by atoms with van der Waals surface area (Å²) in [6, 6.07) is 3.48. The van der Waals surface area contributed by atoms with Gasteiger partial charge in [-0.05, 0) is 13.1 Å². The van der Waals surface area contributed by atoms with E-state index in [1.807, 2.05) is 0 Å². The first-order chi connectivity index (χ1) is 9.34. The molecular weight excluding hydrogens is 286 g/mol. The van der Waals surface area contributed by atoms with E-state index >= 15 is 0 Å². The van der Waals surface area contributed by atoms with Crippen LogP contribution >= 0.6 is 0 Å². The maximum absolute atomic E-state index is 12.4. The summed E-state index contributed by atoms with van der Waals surface area (Å²) in [5.74, 6) is 0.0758. The molecule has 1 rings (SSSR count). The summed E-state index contributed by atoms with van der Waals surface area (Å²) < 4.78 is 30.9. The van der Waals surface area contributed by atoms with Crippen LogP contribution in [0.5, 0.6) is 5.75 Å². The number of rotatable bonds is 7. The quantitative estimate of drug-likeness (QED) is 0.579. The first kappa shape index (κ1) is 16.3. The molecule has 0 spiro atoms. The van der Waals surface area contributed by atoms with Gasteiger partial charge >= 0.3 is 0 Å². The van der Waals surface area contributed by atoms with Crippen molar-refractivity contribution in [2.24, 2.45) is 0 Å². The van der Waals surface area contributed by atoms with Gasteiger partial charge in [0.2, 0.25) is 10.0 Å². The van der Waals surface area contributed by atoms with Crippen molar-refractivity contribution in [3.05, 3.63) is 28.3 Å². The monoisotopic (exact) mass is 303 g/mol. The SMILES string of the molecule is CNCCN(C)S(=O)(=O)c1cc([N+](=O)[O-])ccc1OC. The number of methoxy groups -OCH3 is 1. The van der Waals surface area contributed by atoms with Gasteiger partial charge in [-0.2, -0.15) is 4.31 Å². The normalized spacial score (nSPS) is 11.6. The predicted octanol–water partition coefficient (Wildman–Crippen LogP) is 0.443. The standard InChI is InChI=1S/C11H17N3O5S/c1-12-6-7-13(2)20(17,18)11-8-9(14(15)16)4-5-10(11)19-3/h4-5,8,12H,6-7H2,1-3H3. The zero-order valence-electron chi connectivity index (χ0n) is 11.5. The van der Waals surface area contributed by atoms with Crippen LogP contribution in [-0.2, 0) is 10.0 Å². The summed E-state index contributed by atoms with van der Waals surface area (Å²) >= 11 is 0. The molecule has 1 aromatic rings. The molecule has 0 amide bonds. The molecule has 0 unspecified atom stereocenters. The van der Waals surface area contributed by atoms with Gasteiger partial charge in [-0.15, -0.1) is 0 Å². The number of hydrogen-bond donors (Lipinski definition) is 1. The number of benzene rings is 1. The molecule has 0 aliphatic heterocycles. The van der Waals surface area contributed by atoms with Gasteiger partial charge in [-0.1, -0.05) is 0 Å². The van der Waals surface area contributed by atoms with Crippen LogP contribution < -0.4 is 10.1 Å². The number of nitrogens with zero attached hydrogens (tertiary/aromatic N) is 2. The maximum atomic E-state index is 12.4. The number of likely N-dealkylation sites (N-methyl/N-ethyl adjacent to an activating group) is 2. The Balaban J connectivity index is 3.27. The minimum atomic E-state index is -3.85. The molecule has 1 aromatic carbocycles. The van der Waals surface area contributed by atoms with Crippen molar-refractivity contribution in [1.29, 1.82) is 0 Å². The van der Waals surface area contributed by atoms with Crippen molar-refractivity contribution in [2.45, 2.75) is 4.90 Å². The second kappa shape index (κ2) is 6.64. The van der Waals surface area contributed by atoms with Gasteiger partial charge in [0.1, 0.15) is 10.6 Å². The first-order valence-electron chi connectivity index (χ1n) is 5.78. The second-order valence-electron chi connectivity index (χ2n) is 4.02. The topological polar surface area (TPSA) is 102 Å². The predicted molar refractivity (Wildman–Crippen MR) is 73.4 cm³/mol. The van der Waals surface area contributed by atoms with Gasteiger partial charge in [0.05, 0.1) is 12.0 Å². The van der Waals surface area contributed by atoms with Crippen molar-refractivity contribution < 1.29 is 18.1 Å². The fraction of sp³-hybridized carbons (Fsp3) is 0.455. The highest BCUT2D eigenvalue weighted by atomic mass is 32.2. The molecule has 1 N–H and O–H groups in total. The molecular formula is C11H17N3O5S. The van der Waals surface area contributed by atoms with Crippen molar-refractivity contribution in [3.8, 4) is 5.75 Å². The maximum Gasteiger partial charge on any atom is 0.271 e. The third-order valence-corrected chi connectivity index (χ3v) is 4.60. The van der Waals surface area contributed by atoms with Crippen molar-refractivity contribution in [2.75, 3.05) is 34.3 Å². The van der Waals surface area contributed by atoms with Crippen LogP contribution in [0.15, 0.2) is 23.1 Å². The van der Waals surface area contributed by atoms with E-state index in [0.717, 1.165) is 10.4 Å². The Morgan fingerprint density at radius 2 is 2.10 bits per heavy atom. The summed E-state index contributed by atoms with van der Waals surface area (Å²) in [4.78, 5) is 9.91. The van der Waals surface area contributed by atoms with Crippen LogP contribution in [0.1, 0.15) is 0 Å². The molecule has 0 fully saturated rings. The van der Waals surface area contributed by atoms with Crippen LogP contribution in [0.2, 0.25) is 0 Å². The van der Waals surface area contributed by atoms with Crippen molar-refractivity contribution in [3.63, 3.8) is 0 Å². The minimum Gasteiger partial charge on any atom is -0.495 e. The molecule has 0 radical (unpaired) electrons. The molecule has 8 nitrogen and oxygen atoms in total. The Hall–Kier alpha value is -1.71. The number of nitrogens with one attached hydrogen (secondary N) is 1. The second-order valence-corrected chi connectivity index (χ2v) is 6.04. The zero-order valence-corrected chi connectivity index (χ0v) is 12.3. The van der Waals surface area contributed by atoms with E-state index in [0.29, 0.717) is 6.54 Å². The fourth-order valence-electron chi connectivity index (χ4n) is 1.54. The van der Waals surface area contributed by atoms with Gasteiger partial charge < -0.3 is 10.1 Å². The molecule has 0 heterocycles. The van der Waals surface area contributed by atoms with Crippen LogP contribution in [0.25, 0.3) is 0 Å². The van der Waals surface area contributed by atoms with E-state index in [1.165, 1.54) is 26.3 Å². The number of nitro groups is 1. The minimum absolute atomic E-state index is 0.0758. The summed E-state index contributed by atoms with van der Waals surface area (Å²) in [6.07, 6.45) is 0. The van der Waals surface area contributed by atoms with Crippen LogP contribution in [0.4, 0.5) is 5.69 Å². The smallest absolute Gasteiger partial charge is 0.271 e. The number of hydrogen-bond acceptors (Lipinski definition) is 6. The third kappa shape index (κ3) is 3.44. The van der Waals surface area contributed by atoms with Gasteiger partial charge in [0, 0.05) is 32.3 Å². The van der Waals surface area contributed by atoms with Crippen LogP contribution in [-0.4, -0.2) is 51.9 Å². The molecule has 0 atom stereocenters. The van der Waals surface area contributed by atoms with Crippen molar-refractivity contribution >= 4 is 15.7 Å². The fourth-order valence-corrected chi connectivity index (χ4v) is 2.88. The molecule has 112 valence electrons. The summed E-state index contributed by atoms with van der Waals surface area (Å²) in [7, 11) is 0.578. The van der Waals surface area contributed by atoms with Crippen molar-refractivity contribution in [1.82, 2.24) is 9.62 Å². The Labute approximate surface area is 117 Å². The van der Waals surface area contributed by atoms with Crippen LogP contribution in [0, 0.1) is 10.1 Å². The van der Waals surface area contributed by atoms with Crippen LogP contribution in [0.3, 0.4) is 0 Å². The summed E-state index contributed by atoms with van der Waals surface area (Å²) in [5, 5.41) is 13.6. The Morgan fingerprint density at radius 3 is 2.60 bits per heavy atom. The molecule has 0 aliphatic rings. The van der Waals surface area contributed by atoms with E-state index in [-0.39, 0.29) is 22.9 Å². The highest BCUT2D eigenvalue weighted by Crippen LogP contribution is 2.29. The Morgan fingerprint density at radius 1 is 1.45 bits per heavy atom. The molecule has 0 aromatic heterocycles. The molecule has 0 bridgehead atoms. The lowest BCUT2D eigenvalue weighted by atomic mass is 10.3. The summed E-state index contributed by atoms with van der Waals surface area (Å²) in [5.41, 5.74) is -0.300. The Kier molecular flexibility index (Phi) is 5.43. The number of nitro benzene ring substituents is 1. The first-order valence-corrected chi connectivity index (χ1v) is 7.22. The lowest BCUT2D eigenvalue weighted by Crippen LogP contribution is -2.33. The van der Waals surface area contributed by atoms with E-state index in [4.69, 9.17) is 4.74 Å². The number of ether oxygens (including phenoxy) is 1. The van der Waals surface area contributed by atoms with E-state index in [9.17, 15) is 18.5 Å². The lowest BCUT2D eigenvalue weighted by Gasteiger charge is -2.18. The molecule has 20 heavy (non-hydrogen) atoms. The average molecular weight is 303 g/mol. The number of non-ortho nitro benzene ring substituents is 1. The number of sulfonamides is 1. The zero-order chi connectivity index (χ0) is 15.3. The van der Waals surface area contributed by atoms with E-state index in [1.54, 1.807) is 7.05 Å². The average Bonchev–Trinajstić information content (AvgIpc) is 2.43. The van der Waals surface area contributed by atoms with Gasteiger partial charge in [-0.3, -0.25) is 10.1 Å². The lowest BCUT2D eigenvalue weighted by molar-refractivity contribution is -0.385. The highest BCUT2D eigenvalue weighted by Gasteiger charge is 2.26. The largest absolute Gasteiger partial charge is 0.495 e. The molecule has 0 saturated carbocycles. The molecule has 0 saturated heterocycles. The molecule has 0 aliphatic carbocycles. The highest BCUT2D eigenvalue weighted by molar-refractivity contribution is 7.89. The van der Waals surface area contributed by atoms with Gasteiger partial charge in [0.25, 0.3) is 5.69 Å². The van der Waals surface area contributed by atoms with E-state index in [2.05, 4.69) is 5.32 Å². The van der Waals surface area contributed by atoms with E-state index < -0.39 is 14.9 Å². The van der Waals surface area contributed by atoms with Gasteiger partial charge in [0.15, 0.2) is 0 Å². The Bertz CT molecular complexity index is 588. The third-order valence-electron chi connectivity index (χ3n) is 2.72. The summed E-state index contributed by atoms with van der Waals surface area (Å²) in [6.45, 7) is 0.706. The molecule has 9 heteroatoms. The van der Waals surface area contributed by atoms with Gasteiger partial charge in [-0.25, -0.2) is 8.42 Å².